The van der Waals surface area contributed by atoms with Crippen LogP contribution in [0.15, 0.2) is 0 Å². The fourth-order valence-electron chi connectivity index (χ4n) is 2.41. The Kier molecular flexibility index (Phi) is 15.3. The van der Waals surface area contributed by atoms with Crippen molar-refractivity contribution in [2.45, 2.75) is 104 Å². The van der Waals surface area contributed by atoms with Gasteiger partial charge in [-0.1, -0.05) is 85.0 Å². The average Bonchev–Trinajstić information content (AvgIpc) is 2.43. The van der Waals surface area contributed by atoms with Crippen LogP contribution < -0.4 is 0 Å². The van der Waals surface area contributed by atoms with Gasteiger partial charge in [0.05, 0.1) is 0 Å². The zero-order chi connectivity index (χ0) is 15.1. The molecule has 0 aliphatic rings. The van der Waals surface area contributed by atoms with Crippen LogP contribution in [0.3, 0.4) is 0 Å². The van der Waals surface area contributed by atoms with E-state index in [4.69, 9.17) is 4.74 Å². The van der Waals surface area contributed by atoms with E-state index in [1.54, 1.807) is 0 Å². The minimum Gasteiger partial charge on any atom is -0.368 e. The number of hydrogen-bond acceptors (Lipinski definition) is 2. The lowest BCUT2D eigenvalue weighted by Gasteiger charge is -2.08. The van der Waals surface area contributed by atoms with Gasteiger partial charge in [0, 0.05) is 6.61 Å². The first-order valence-electron chi connectivity index (χ1n) is 8.96. The first kappa shape index (κ1) is 19.9. The summed E-state index contributed by atoms with van der Waals surface area (Å²) in [5, 5.41) is 9.23. The van der Waals surface area contributed by atoms with Gasteiger partial charge >= 0.3 is 0 Å². The molecule has 0 aromatic carbocycles. The van der Waals surface area contributed by atoms with Gasteiger partial charge < -0.3 is 9.84 Å². The van der Waals surface area contributed by atoms with Crippen molar-refractivity contribution in [1.29, 1.82) is 0 Å². The van der Waals surface area contributed by atoms with E-state index >= 15 is 0 Å². The maximum Gasteiger partial charge on any atom is 0.154 e. The van der Waals surface area contributed by atoms with E-state index in [9.17, 15) is 5.11 Å². The Morgan fingerprint density at radius 2 is 1.20 bits per heavy atom. The number of unbranched alkanes of at least 4 members (excludes halogenated alkanes) is 9. The first-order chi connectivity index (χ1) is 9.66. The van der Waals surface area contributed by atoms with E-state index < -0.39 is 6.29 Å². The van der Waals surface area contributed by atoms with E-state index in [0.29, 0.717) is 13.0 Å². The van der Waals surface area contributed by atoms with Crippen molar-refractivity contribution in [2.24, 2.45) is 5.92 Å². The van der Waals surface area contributed by atoms with Crippen LogP contribution in [0, 0.1) is 5.92 Å². The van der Waals surface area contributed by atoms with E-state index in [2.05, 4.69) is 13.8 Å². The molecule has 1 atom stereocenters. The van der Waals surface area contributed by atoms with Gasteiger partial charge in [0.25, 0.3) is 0 Å². The van der Waals surface area contributed by atoms with Gasteiger partial charge in [0.15, 0.2) is 6.29 Å². The second-order valence-electron chi connectivity index (χ2n) is 6.45. The van der Waals surface area contributed by atoms with Crippen molar-refractivity contribution in [3.63, 3.8) is 0 Å². The zero-order valence-corrected chi connectivity index (χ0v) is 14.2. The normalized spacial score (nSPS) is 13.1. The Hall–Kier alpha value is -0.0800. The molecule has 0 fully saturated rings. The zero-order valence-electron chi connectivity index (χ0n) is 14.2. The van der Waals surface area contributed by atoms with Crippen molar-refractivity contribution in [2.75, 3.05) is 6.61 Å². The van der Waals surface area contributed by atoms with Crippen LogP contribution >= 0.6 is 0 Å². The van der Waals surface area contributed by atoms with Crippen molar-refractivity contribution in [1.82, 2.24) is 0 Å². The van der Waals surface area contributed by atoms with Crippen molar-refractivity contribution in [3.05, 3.63) is 0 Å². The van der Waals surface area contributed by atoms with Gasteiger partial charge in [0.2, 0.25) is 0 Å². The maximum absolute atomic E-state index is 9.23. The third-order valence-corrected chi connectivity index (χ3v) is 3.84. The predicted octanol–water partition coefficient (Wildman–Crippen LogP) is 5.68. The summed E-state index contributed by atoms with van der Waals surface area (Å²) in [6.45, 7) is 7.28. The third-order valence-electron chi connectivity index (χ3n) is 3.84. The predicted molar refractivity (Wildman–Crippen MR) is 87.9 cm³/mol. The molecule has 0 aliphatic heterocycles. The Balaban J connectivity index is 2.99. The molecule has 20 heavy (non-hydrogen) atoms. The van der Waals surface area contributed by atoms with Gasteiger partial charge in [-0.3, -0.25) is 0 Å². The molecule has 0 heterocycles. The summed E-state index contributed by atoms with van der Waals surface area (Å²) in [7, 11) is 0. The summed E-state index contributed by atoms with van der Waals surface area (Å²) in [5.41, 5.74) is 0. The molecule has 0 spiro atoms. The van der Waals surface area contributed by atoms with Crippen LogP contribution in [-0.4, -0.2) is 18.0 Å². The van der Waals surface area contributed by atoms with E-state index in [1.165, 1.54) is 64.2 Å². The molecular formula is C18H38O2. The van der Waals surface area contributed by atoms with Gasteiger partial charge in [-0.05, 0) is 18.8 Å². The maximum atomic E-state index is 9.23. The number of aliphatic hydroxyl groups excluding tert-OH is 1. The highest BCUT2D eigenvalue weighted by molar-refractivity contribution is 4.50. The summed E-state index contributed by atoms with van der Waals surface area (Å²) < 4.78 is 5.25. The van der Waals surface area contributed by atoms with Crippen molar-refractivity contribution < 1.29 is 9.84 Å². The Morgan fingerprint density at radius 3 is 1.65 bits per heavy atom. The minimum absolute atomic E-state index is 0.550. The SMILES string of the molecule is CCC(O)OCCCCCCCCCCCCC(C)C. The lowest BCUT2D eigenvalue weighted by atomic mass is 10.0. The monoisotopic (exact) mass is 286 g/mol. The molecule has 2 heteroatoms. The first-order valence-corrected chi connectivity index (χ1v) is 8.96. The number of hydrogen-bond donors (Lipinski definition) is 1. The number of ether oxygens (including phenoxy) is 1. The Bertz CT molecular complexity index is 180. The molecule has 0 amide bonds. The van der Waals surface area contributed by atoms with E-state index in [-0.39, 0.29) is 0 Å². The molecule has 0 rings (SSSR count). The van der Waals surface area contributed by atoms with Gasteiger partial charge in [-0.25, -0.2) is 0 Å². The van der Waals surface area contributed by atoms with Gasteiger partial charge in [0.1, 0.15) is 0 Å². The largest absolute Gasteiger partial charge is 0.368 e. The quantitative estimate of drug-likeness (QED) is 0.310. The molecule has 0 bridgehead atoms. The molecule has 2 nitrogen and oxygen atoms in total. The molecule has 1 unspecified atom stereocenters. The van der Waals surface area contributed by atoms with E-state index in [0.717, 1.165) is 12.3 Å². The molecule has 0 saturated heterocycles. The molecule has 0 aromatic rings. The van der Waals surface area contributed by atoms with Crippen LogP contribution in [0.4, 0.5) is 0 Å². The van der Waals surface area contributed by atoms with Crippen LogP contribution in [0.1, 0.15) is 97.8 Å². The summed E-state index contributed by atoms with van der Waals surface area (Å²) in [6, 6.07) is 0. The minimum atomic E-state index is -0.550. The summed E-state index contributed by atoms with van der Waals surface area (Å²) >= 11 is 0. The Labute approximate surface area is 127 Å². The Morgan fingerprint density at radius 1 is 0.750 bits per heavy atom. The van der Waals surface area contributed by atoms with Crippen LogP contribution in [0.2, 0.25) is 0 Å². The number of aliphatic hydroxyl groups is 1. The van der Waals surface area contributed by atoms with Crippen LogP contribution in [0.5, 0.6) is 0 Å². The summed E-state index contributed by atoms with van der Waals surface area (Å²) in [6.07, 6.45) is 15.0. The topological polar surface area (TPSA) is 29.5 Å². The lowest BCUT2D eigenvalue weighted by molar-refractivity contribution is -0.101. The average molecular weight is 286 g/mol. The summed E-state index contributed by atoms with van der Waals surface area (Å²) in [4.78, 5) is 0. The third kappa shape index (κ3) is 16.0. The molecule has 0 radical (unpaired) electrons. The highest BCUT2D eigenvalue weighted by Crippen LogP contribution is 2.13. The highest BCUT2D eigenvalue weighted by atomic mass is 16.6. The second-order valence-corrected chi connectivity index (χ2v) is 6.45. The fourth-order valence-corrected chi connectivity index (χ4v) is 2.41. The second kappa shape index (κ2) is 15.3. The van der Waals surface area contributed by atoms with Crippen molar-refractivity contribution >= 4 is 0 Å². The molecule has 122 valence electrons. The van der Waals surface area contributed by atoms with Crippen molar-refractivity contribution in [3.8, 4) is 0 Å². The molecule has 0 aromatic heterocycles. The lowest BCUT2D eigenvalue weighted by Crippen LogP contribution is -2.10. The van der Waals surface area contributed by atoms with E-state index in [1.807, 2.05) is 6.92 Å². The highest BCUT2D eigenvalue weighted by Gasteiger charge is 1.99. The molecule has 0 aliphatic carbocycles. The fraction of sp³-hybridized carbons (Fsp3) is 1.00. The van der Waals surface area contributed by atoms with Crippen LogP contribution in [-0.2, 0) is 4.74 Å². The smallest absolute Gasteiger partial charge is 0.154 e. The summed E-state index contributed by atoms with van der Waals surface area (Å²) in [5.74, 6) is 0.873. The number of rotatable bonds is 15. The molecule has 0 saturated carbocycles. The van der Waals surface area contributed by atoms with Crippen LogP contribution in [0.25, 0.3) is 0 Å². The van der Waals surface area contributed by atoms with Gasteiger partial charge in [-0.2, -0.15) is 0 Å². The van der Waals surface area contributed by atoms with Gasteiger partial charge in [-0.15, -0.1) is 0 Å². The molecular weight excluding hydrogens is 248 g/mol. The standard InChI is InChI=1S/C18H38O2/c1-4-18(19)20-16-14-12-10-8-6-5-7-9-11-13-15-17(2)3/h17-19H,4-16H2,1-3H3. The molecule has 1 N–H and O–H groups in total.